The van der Waals surface area contributed by atoms with Crippen LogP contribution in [-0.4, -0.2) is 17.6 Å². The van der Waals surface area contributed by atoms with E-state index < -0.39 is 11.5 Å². The molecule has 0 aliphatic carbocycles. The molecular weight excluding hydrogens is 190 g/mol. The van der Waals surface area contributed by atoms with Gasteiger partial charge in [0.05, 0.1) is 0 Å². The zero-order valence-corrected chi connectivity index (χ0v) is 8.36. The molecule has 1 aromatic carbocycles. The second kappa shape index (κ2) is 3.51. The maximum absolute atomic E-state index is 11.4. The highest BCUT2D eigenvalue weighted by atomic mass is 16.4. The zero-order valence-electron chi connectivity index (χ0n) is 8.36. The molecule has 1 aliphatic rings. The van der Waals surface area contributed by atoms with Crippen LogP contribution in [0.5, 0.6) is 0 Å². The summed E-state index contributed by atoms with van der Waals surface area (Å²) in [4.78, 5) is 11.4. The molecular formula is C12H13NO2. The van der Waals surface area contributed by atoms with Gasteiger partial charge in [0.1, 0.15) is 5.54 Å². The predicted molar refractivity (Wildman–Crippen MR) is 57.5 cm³/mol. The van der Waals surface area contributed by atoms with Crippen LogP contribution in [0.4, 0.5) is 0 Å². The van der Waals surface area contributed by atoms with Crippen LogP contribution in [0, 0.1) is 0 Å². The van der Waals surface area contributed by atoms with Crippen molar-refractivity contribution in [3.63, 3.8) is 0 Å². The summed E-state index contributed by atoms with van der Waals surface area (Å²) in [6.45, 7) is 4.40. The molecule has 15 heavy (non-hydrogen) atoms. The molecule has 1 aliphatic heterocycles. The molecule has 1 fully saturated rings. The summed E-state index contributed by atoms with van der Waals surface area (Å²) in [6, 6.07) is 9.24. The van der Waals surface area contributed by atoms with Gasteiger partial charge in [0, 0.05) is 13.0 Å². The Kier molecular flexibility index (Phi) is 2.32. The molecule has 78 valence electrons. The highest BCUT2D eigenvalue weighted by Crippen LogP contribution is 2.33. The molecule has 1 saturated heterocycles. The van der Waals surface area contributed by atoms with Crippen LogP contribution in [0.1, 0.15) is 12.0 Å². The van der Waals surface area contributed by atoms with Gasteiger partial charge in [0.15, 0.2) is 0 Å². The monoisotopic (exact) mass is 203 g/mol. The van der Waals surface area contributed by atoms with Gasteiger partial charge in [0.2, 0.25) is 0 Å². The minimum atomic E-state index is -0.974. The minimum Gasteiger partial charge on any atom is -0.480 e. The lowest BCUT2D eigenvalue weighted by atomic mass is 9.88. The first kappa shape index (κ1) is 9.93. The van der Waals surface area contributed by atoms with Crippen LogP contribution >= 0.6 is 0 Å². The first-order valence-corrected chi connectivity index (χ1v) is 4.86. The summed E-state index contributed by atoms with van der Waals surface area (Å²) >= 11 is 0. The molecule has 0 spiro atoms. The normalized spacial score (nSPS) is 25.5. The fourth-order valence-electron chi connectivity index (χ4n) is 1.98. The van der Waals surface area contributed by atoms with Gasteiger partial charge in [-0.1, -0.05) is 42.5 Å². The van der Waals surface area contributed by atoms with Gasteiger partial charge >= 0.3 is 5.97 Å². The molecule has 0 aromatic heterocycles. The summed E-state index contributed by atoms with van der Waals surface area (Å²) in [5, 5.41) is 12.4. The first-order valence-electron chi connectivity index (χ1n) is 4.86. The number of nitrogens with one attached hydrogen (secondary N) is 1. The molecule has 0 amide bonds. The van der Waals surface area contributed by atoms with Gasteiger partial charge in [-0.3, -0.25) is 5.32 Å². The van der Waals surface area contributed by atoms with Gasteiger partial charge in [-0.25, -0.2) is 4.79 Å². The maximum atomic E-state index is 11.4. The number of rotatable bonds is 2. The summed E-state index contributed by atoms with van der Waals surface area (Å²) in [6.07, 6.45) is 0.465. The standard InChI is InChI=1S/C12H13NO2/c1-9-7-12(11(14)15,13-8-9)10-5-3-2-4-6-10/h2-6,13H,1,7-8H2,(H,14,15)/t12-/m1/s1. The van der Waals surface area contributed by atoms with Crippen LogP contribution in [0.3, 0.4) is 0 Å². The average Bonchev–Trinajstić information content (AvgIpc) is 2.63. The van der Waals surface area contributed by atoms with Crippen LogP contribution in [0.25, 0.3) is 0 Å². The molecule has 3 nitrogen and oxygen atoms in total. The maximum Gasteiger partial charge on any atom is 0.328 e. The van der Waals surface area contributed by atoms with Crippen LogP contribution in [0.2, 0.25) is 0 Å². The first-order chi connectivity index (χ1) is 7.15. The van der Waals surface area contributed by atoms with Crippen molar-refractivity contribution in [2.45, 2.75) is 12.0 Å². The molecule has 3 heteroatoms. The van der Waals surface area contributed by atoms with Crippen molar-refractivity contribution in [2.24, 2.45) is 0 Å². The smallest absolute Gasteiger partial charge is 0.328 e. The molecule has 0 unspecified atom stereocenters. The van der Waals surface area contributed by atoms with Crippen molar-refractivity contribution in [1.82, 2.24) is 5.32 Å². The van der Waals surface area contributed by atoms with Crippen molar-refractivity contribution in [1.29, 1.82) is 0 Å². The predicted octanol–water partition coefficient (Wildman–Crippen LogP) is 1.52. The van der Waals surface area contributed by atoms with E-state index in [0.717, 1.165) is 11.1 Å². The Morgan fingerprint density at radius 3 is 2.53 bits per heavy atom. The lowest BCUT2D eigenvalue weighted by Gasteiger charge is -2.24. The highest BCUT2D eigenvalue weighted by Gasteiger charge is 2.44. The Balaban J connectivity index is 2.45. The molecule has 2 N–H and O–H groups in total. The van der Waals surface area contributed by atoms with Gasteiger partial charge in [0.25, 0.3) is 0 Å². The zero-order chi connectivity index (χ0) is 10.9. The van der Waals surface area contributed by atoms with Gasteiger partial charge < -0.3 is 5.11 Å². The largest absolute Gasteiger partial charge is 0.480 e. The number of carboxylic acid groups (broad SMARTS) is 1. The van der Waals surface area contributed by atoms with E-state index in [0.29, 0.717) is 13.0 Å². The van der Waals surface area contributed by atoms with E-state index in [-0.39, 0.29) is 0 Å². The van der Waals surface area contributed by atoms with Crippen molar-refractivity contribution in [3.05, 3.63) is 48.0 Å². The van der Waals surface area contributed by atoms with Crippen molar-refractivity contribution < 1.29 is 9.90 Å². The third-order valence-corrected chi connectivity index (χ3v) is 2.79. The molecule has 0 radical (unpaired) electrons. The third-order valence-electron chi connectivity index (χ3n) is 2.79. The third kappa shape index (κ3) is 1.55. The van der Waals surface area contributed by atoms with E-state index in [1.807, 2.05) is 30.3 Å². The van der Waals surface area contributed by atoms with E-state index in [2.05, 4.69) is 11.9 Å². The molecule has 1 heterocycles. The second-order valence-corrected chi connectivity index (χ2v) is 3.86. The lowest BCUT2D eigenvalue weighted by Crippen LogP contribution is -2.44. The number of benzene rings is 1. The van der Waals surface area contributed by atoms with E-state index >= 15 is 0 Å². The Hall–Kier alpha value is -1.61. The fourth-order valence-corrected chi connectivity index (χ4v) is 1.98. The molecule has 1 atom stereocenters. The van der Waals surface area contributed by atoms with Gasteiger partial charge in [-0.05, 0) is 5.56 Å². The lowest BCUT2D eigenvalue weighted by molar-refractivity contribution is -0.144. The Labute approximate surface area is 88.4 Å². The SMILES string of the molecule is C=C1CN[C@@](C(=O)O)(c2ccccc2)C1. The molecule has 2 rings (SSSR count). The highest BCUT2D eigenvalue weighted by molar-refractivity contribution is 5.82. The van der Waals surface area contributed by atoms with Crippen molar-refractivity contribution in [3.8, 4) is 0 Å². The van der Waals surface area contributed by atoms with Gasteiger partial charge in [-0.2, -0.15) is 0 Å². The number of aliphatic carboxylic acids is 1. The van der Waals surface area contributed by atoms with E-state index in [9.17, 15) is 9.90 Å². The van der Waals surface area contributed by atoms with E-state index in [4.69, 9.17) is 0 Å². The summed E-state index contributed by atoms with van der Waals surface area (Å²) in [5.74, 6) is -0.840. The number of hydrogen-bond acceptors (Lipinski definition) is 2. The number of carbonyl (C=O) groups is 1. The fraction of sp³-hybridized carbons (Fsp3) is 0.250. The molecule has 0 bridgehead atoms. The minimum absolute atomic E-state index is 0.465. The van der Waals surface area contributed by atoms with Crippen molar-refractivity contribution >= 4 is 5.97 Å². The summed E-state index contributed by atoms with van der Waals surface area (Å²) < 4.78 is 0. The Morgan fingerprint density at radius 2 is 2.07 bits per heavy atom. The topological polar surface area (TPSA) is 49.3 Å². The van der Waals surface area contributed by atoms with Crippen molar-refractivity contribution in [2.75, 3.05) is 6.54 Å². The quantitative estimate of drug-likeness (QED) is 0.716. The Bertz CT molecular complexity index is 399. The number of hydrogen-bond donors (Lipinski definition) is 2. The second-order valence-electron chi connectivity index (χ2n) is 3.86. The summed E-state index contributed by atoms with van der Waals surface area (Å²) in [5.41, 5.74) is 0.746. The van der Waals surface area contributed by atoms with E-state index in [1.54, 1.807) is 0 Å². The Morgan fingerprint density at radius 1 is 1.40 bits per heavy atom. The number of carboxylic acids is 1. The van der Waals surface area contributed by atoms with Crippen LogP contribution in [0.15, 0.2) is 42.5 Å². The van der Waals surface area contributed by atoms with Crippen LogP contribution < -0.4 is 5.32 Å². The molecule has 0 saturated carbocycles. The van der Waals surface area contributed by atoms with Gasteiger partial charge in [-0.15, -0.1) is 0 Å². The average molecular weight is 203 g/mol. The molecule has 1 aromatic rings. The van der Waals surface area contributed by atoms with Crippen LogP contribution in [-0.2, 0) is 10.3 Å². The van der Waals surface area contributed by atoms with E-state index in [1.165, 1.54) is 0 Å². The summed E-state index contributed by atoms with van der Waals surface area (Å²) in [7, 11) is 0.